The van der Waals surface area contributed by atoms with Gasteiger partial charge in [0.15, 0.2) is 0 Å². The first-order chi connectivity index (χ1) is 23.3. The van der Waals surface area contributed by atoms with Crippen LogP contribution >= 0.6 is 0 Å². The van der Waals surface area contributed by atoms with Gasteiger partial charge in [0, 0.05) is 0 Å². The second-order valence-electron chi connectivity index (χ2n) is 16.7. The Hall–Kier alpha value is -3.63. The number of fused-ring (bicyclic) bond motifs is 6. The maximum absolute atomic E-state index is 6.92. The van der Waals surface area contributed by atoms with Crippen molar-refractivity contribution in [3.8, 4) is 0 Å². The summed E-state index contributed by atoms with van der Waals surface area (Å²) in [7, 11) is -0.410. The first-order valence-corrected chi connectivity index (χ1v) is 18.2. The van der Waals surface area contributed by atoms with Crippen molar-refractivity contribution in [3.05, 3.63) is 119 Å². The van der Waals surface area contributed by atoms with Crippen molar-refractivity contribution in [3.63, 3.8) is 0 Å². The summed E-state index contributed by atoms with van der Waals surface area (Å²) >= 11 is 0. The smallest absolute Gasteiger partial charge is 0.426 e. The third kappa shape index (κ3) is 5.32. The predicted molar refractivity (Wildman–Crippen MR) is 208 cm³/mol. The van der Waals surface area contributed by atoms with Crippen LogP contribution in [0.15, 0.2) is 97.1 Å². The van der Waals surface area contributed by atoms with Crippen LogP contribution in [0, 0.1) is 5.41 Å². The van der Waals surface area contributed by atoms with E-state index in [0.29, 0.717) is 0 Å². The average Bonchev–Trinajstić information content (AvgIpc) is 3.31. The summed E-state index contributed by atoms with van der Waals surface area (Å²) in [4.78, 5) is 0. The van der Waals surface area contributed by atoms with Crippen molar-refractivity contribution < 1.29 is 14.0 Å². The molecule has 248 valence electrons. The zero-order chi connectivity index (χ0) is 34.3. The van der Waals surface area contributed by atoms with Crippen molar-refractivity contribution in [2.24, 2.45) is 5.41 Å². The normalized spacial score (nSPS) is 21.0. The van der Waals surface area contributed by atoms with Gasteiger partial charge >= 0.3 is 14.0 Å². The highest BCUT2D eigenvalue weighted by Gasteiger charge is 2.52. The molecule has 5 heteroatoms. The van der Waals surface area contributed by atoms with Crippen LogP contribution in [-0.2, 0) is 20.4 Å². The number of benzene rings is 5. The lowest BCUT2D eigenvalue weighted by molar-refractivity contribution is -0.0311. The Morgan fingerprint density at radius 2 is 1.10 bits per heavy atom. The zero-order valence-corrected chi connectivity index (χ0v) is 30.4. The molecule has 0 saturated carbocycles. The summed E-state index contributed by atoms with van der Waals surface area (Å²) in [6.45, 7) is 17.8. The van der Waals surface area contributed by atoms with E-state index < -0.39 is 18.3 Å². The highest BCUT2D eigenvalue weighted by molar-refractivity contribution is 6.68. The van der Waals surface area contributed by atoms with Crippen LogP contribution in [0.5, 0.6) is 0 Å². The molecule has 3 aliphatic rings. The van der Waals surface area contributed by atoms with Crippen LogP contribution in [0.4, 0.5) is 0 Å². The van der Waals surface area contributed by atoms with Crippen molar-refractivity contribution in [1.82, 2.24) is 0 Å². The van der Waals surface area contributed by atoms with Crippen LogP contribution in [-0.4, -0.2) is 30.8 Å². The van der Waals surface area contributed by atoms with Crippen LogP contribution in [0.1, 0.15) is 90.5 Å². The largest absolute Gasteiger partial charge is 0.494 e. The number of hydrogen-bond acceptors (Lipinski definition) is 3. The molecule has 2 saturated heterocycles. The van der Waals surface area contributed by atoms with Crippen LogP contribution in [0.2, 0.25) is 6.32 Å². The Balaban J connectivity index is 1.40. The van der Waals surface area contributed by atoms with Gasteiger partial charge in [-0.3, -0.25) is 0 Å². The van der Waals surface area contributed by atoms with E-state index in [0.717, 1.165) is 31.0 Å². The maximum Gasteiger partial charge on any atom is 0.494 e. The Morgan fingerprint density at radius 1 is 0.531 bits per heavy atom. The molecule has 3 nitrogen and oxygen atoms in total. The van der Waals surface area contributed by atoms with Crippen molar-refractivity contribution in [2.45, 2.75) is 97.8 Å². The summed E-state index contributed by atoms with van der Waals surface area (Å²) in [6.07, 6.45) is 4.08. The van der Waals surface area contributed by atoms with Crippen LogP contribution in [0.3, 0.4) is 0 Å². The van der Waals surface area contributed by atoms with E-state index >= 15 is 0 Å². The lowest BCUT2D eigenvalue weighted by Crippen LogP contribution is -2.53. The molecule has 1 aliphatic carbocycles. The molecule has 0 spiro atoms. The Kier molecular flexibility index (Phi) is 7.61. The van der Waals surface area contributed by atoms with Gasteiger partial charge in [-0.15, -0.1) is 0 Å². The molecule has 2 fully saturated rings. The molecular formula is C44H48B2O3. The standard InChI is InChI=1S/C44H48B2O3/c1-41(2)25-26-45(47-42(41,3)4)31-19-21-35-34-22-20-32(46-48-43(5,6)44(7,8)49-46)28-37(34)36-24-23-33(29-15-11-9-12-16-29)39(40(36)38(35)27-31)30-17-13-10-14-18-30/h9-22,27-28H,23-26H2,1-8H3. The van der Waals surface area contributed by atoms with Gasteiger partial charge in [0.1, 0.15) is 0 Å². The molecule has 0 N–H and O–H groups in total. The van der Waals surface area contributed by atoms with E-state index in [9.17, 15) is 0 Å². The fourth-order valence-electron chi connectivity index (χ4n) is 8.20. The van der Waals surface area contributed by atoms with E-state index in [1.54, 1.807) is 0 Å². The molecule has 0 bridgehead atoms. The molecule has 2 heterocycles. The van der Waals surface area contributed by atoms with Gasteiger partial charge in [0.05, 0.1) is 16.8 Å². The zero-order valence-electron chi connectivity index (χ0n) is 30.4. The van der Waals surface area contributed by atoms with E-state index in [2.05, 4.69) is 152 Å². The molecule has 0 atom stereocenters. The van der Waals surface area contributed by atoms with Gasteiger partial charge in [-0.1, -0.05) is 111 Å². The Labute approximate surface area is 293 Å². The SMILES string of the molecule is CC1(C)CCB(c2ccc3c(c2)c2c(c4cc(B5OC(C)(C)C(C)(C)O5)ccc43)CCC(c3ccccc3)=C2c2ccccc2)OC1(C)C. The van der Waals surface area contributed by atoms with Crippen molar-refractivity contribution in [2.75, 3.05) is 0 Å². The highest BCUT2D eigenvalue weighted by atomic mass is 16.7. The van der Waals surface area contributed by atoms with Crippen LogP contribution < -0.4 is 10.9 Å². The first kappa shape index (κ1) is 32.6. The molecule has 0 amide bonds. The first-order valence-electron chi connectivity index (χ1n) is 18.2. The molecule has 8 rings (SSSR count). The summed E-state index contributed by atoms with van der Waals surface area (Å²) in [6, 6.07) is 36.0. The topological polar surface area (TPSA) is 27.7 Å². The predicted octanol–water partition coefficient (Wildman–Crippen LogP) is 9.62. The second kappa shape index (κ2) is 11.5. The minimum atomic E-state index is -0.410. The Bertz CT molecular complexity index is 2100. The number of rotatable bonds is 4. The van der Waals surface area contributed by atoms with Crippen LogP contribution in [0.25, 0.3) is 32.7 Å². The quantitative estimate of drug-likeness (QED) is 0.144. The van der Waals surface area contributed by atoms with E-state index in [1.165, 1.54) is 60.4 Å². The molecule has 2 aliphatic heterocycles. The van der Waals surface area contributed by atoms with E-state index in [-0.39, 0.29) is 17.9 Å². The van der Waals surface area contributed by atoms with Gasteiger partial charge in [0.2, 0.25) is 0 Å². The van der Waals surface area contributed by atoms with Crippen molar-refractivity contribution >= 4 is 57.7 Å². The molecule has 49 heavy (non-hydrogen) atoms. The molecule has 0 unspecified atom stereocenters. The lowest BCUT2D eigenvalue weighted by Gasteiger charge is -2.48. The number of aryl methyl sites for hydroxylation is 1. The van der Waals surface area contributed by atoms with Gasteiger partial charge in [-0.25, -0.2) is 0 Å². The fraction of sp³-hybridized carbons (Fsp3) is 0.364. The van der Waals surface area contributed by atoms with Gasteiger partial charge in [-0.05, 0) is 138 Å². The lowest BCUT2D eigenvalue weighted by atomic mass is 9.50. The molecule has 0 radical (unpaired) electrons. The second-order valence-corrected chi connectivity index (χ2v) is 16.7. The van der Waals surface area contributed by atoms with E-state index in [4.69, 9.17) is 14.0 Å². The number of hydrogen-bond donors (Lipinski definition) is 0. The number of allylic oxidation sites excluding steroid dienone is 1. The monoisotopic (exact) mass is 646 g/mol. The third-order valence-electron chi connectivity index (χ3n) is 12.6. The molecule has 0 aromatic heterocycles. The summed E-state index contributed by atoms with van der Waals surface area (Å²) in [5, 5.41) is 5.15. The van der Waals surface area contributed by atoms with Gasteiger partial charge in [0.25, 0.3) is 0 Å². The maximum atomic E-state index is 6.92. The summed E-state index contributed by atoms with van der Waals surface area (Å²) < 4.78 is 20.1. The minimum Gasteiger partial charge on any atom is -0.426 e. The average molecular weight is 646 g/mol. The van der Waals surface area contributed by atoms with E-state index in [1.807, 2.05) is 0 Å². The third-order valence-corrected chi connectivity index (χ3v) is 12.6. The van der Waals surface area contributed by atoms with Crippen molar-refractivity contribution in [1.29, 1.82) is 0 Å². The van der Waals surface area contributed by atoms with Gasteiger partial charge in [-0.2, -0.15) is 0 Å². The molecular weight excluding hydrogens is 598 g/mol. The van der Waals surface area contributed by atoms with Gasteiger partial charge < -0.3 is 14.0 Å². The summed E-state index contributed by atoms with van der Waals surface area (Å²) in [5.41, 5.74) is 9.50. The highest BCUT2D eigenvalue weighted by Crippen LogP contribution is 2.48. The fourth-order valence-corrected chi connectivity index (χ4v) is 8.20. The molecule has 5 aromatic rings. The minimum absolute atomic E-state index is 0.0610. The Morgan fingerprint density at radius 3 is 1.73 bits per heavy atom. The molecule has 5 aromatic carbocycles. The summed E-state index contributed by atoms with van der Waals surface area (Å²) in [5.74, 6) is 0.